The molecule has 0 amide bonds. The Labute approximate surface area is 100 Å². The molecule has 2 rings (SSSR count). The molecule has 0 fully saturated rings. The number of anilines is 1. The zero-order valence-electron chi connectivity index (χ0n) is 7.87. The summed E-state index contributed by atoms with van der Waals surface area (Å²) in [4.78, 5) is 0. The Bertz CT molecular complexity index is 519. The van der Waals surface area contributed by atoms with Gasteiger partial charge in [0.25, 0.3) is 0 Å². The predicted molar refractivity (Wildman–Crippen MR) is 58.8 cm³/mol. The maximum Gasteiger partial charge on any atom is 0.488 e. The molecule has 5 nitrogen and oxygen atoms in total. The first-order chi connectivity index (χ1) is 7.46. The predicted octanol–water partition coefficient (Wildman–Crippen LogP) is 1.85. The van der Waals surface area contributed by atoms with Crippen molar-refractivity contribution in [2.24, 2.45) is 0 Å². The Kier molecular flexibility index (Phi) is 2.94. The molecular weight excluding hydrogens is 305 g/mol. The number of fused-ring (bicyclic) bond motifs is 1. The number of hydrogen-bond acceptors (Lipinski definition) is 5. The van der Waals surface area contributed by atoms with Crippen LogP contribution in [0.2, 0.25) is 0 Å². The van der Waals surface area contributed by atoms with Gasteiger partial charge in [-0.3, -0.25) is 0 Å². The third-order valence-corrected chi connectivity index (χ3v) is 2.90. The van der Waals surface area contributed by atoms with Crippen molar-refractivity contribution in [3.63, 3.8) is 0 Å². The first kappa shape index (κ1) is 11.5. The van der Waals surface area contributed by atoms with E-state index in [0.717, 1.165) is 0 Å². The smallest absolute Gasteiger partial charge is 0.488 e. The first-order valence-electron chi connectivity index (χ1n) is 4.30. The van der Waals surface area contributed by atoms with Gasteiger partial charge >= 0.3 is 10.5 Å². The highest BCUT2D eigenvalue weighted by atomic mass is 79.9. The fourth-order valence-electron chi connectivity index (χ4n) is 1.31. The molecule has 0 aliphatic carbocycles. The lowest BCUT2D eigenvalue weighted by molar-refractivity contribution is 0.322. The summed E-state index contributed by atoms with van der Waals surface area (Å²) in [6.45, 7) is 1.11. The molecule has 0 atom stereocenters. The van der Waals surface area contributed by atoms with E-state index in [0.29, 0.717) is 29.1 Å². The molecule has 0 radical (unpaired) electrons. The van der Waals surface area contributed by atoms with E-state index in [1.165, 1.54) is 12.1 Å². The van der Waals surface area contributed by atoms with Crippen LogP contribution in [-0.4, -0.2) is 21.6 Å². The van der Waals surface area contributed by atoms with Crippen LogP contribution >= 0.6 is 15.9 Å². The fourth-order valence-corrected chi connectivity index (χ4v) is 2.17. The molecule has 0 bridgehead atoms. The molecular formula is C8H7BrFNO4S. The molecule has 0 aromatic heterocycles. The minimum Gasteiger partial charge on any atom is -0.490 e. The van der Waals surface area contributed by atoms with Crippen molar-refractivity contribution in [3.05, 3.63) is 16.6 Å². The average molecular weight is 312 g/mol. The van der Waals surface area contributed by atoms with E-state index < -0.39 is 10.5 Å². The highest BCUT2D eigenvalue weighted by Crippen LogP contribution is 2.38. The van der Waals surface area contributed by atoms with Gasteiger partial charge in [-0.05, 0) is 15.9 Å². The summed E-state index contributed by atoms with van der Waals surface area (Å²) in [5.41, 5.74) is 0.563. The van der Waals surface area contributed by atoms with E-state index in [2.05, 4.69) is 25.4 Å². The molecule has 8 heteroatoms. The number of hydrogen-bond donors (Lipinski definition) is 1. The third kappa shape index (κ3) is 2.56. The van der Waals surface area contributed by atoms with Crippen molar-refractivity contribution in [2.45, 2.75) is 0 Å². The lowest BCUT2D eigenvalue weighted by Gasteiger charge is -2.20. The number of halogens is 2. The van der Waals surface area contributed by atoms with Crippen molar-refractivity contribution >= 4 is 32.1 Å². The van der Waals surface area contributed by atoms with Crippen molar-refractivity contribution in [2.75, 3.05) is 18.5 Å². The van der Waals surface area contributed by atoms with Gasteiger partial charge in [-0.1, -0.05) is 3.89 Å². The SMILES string of the molecule is O=S(=O)(F)Oc1cc2c(cc1Br)OCCN2. The van der Waals surface area contributed by atoms with Crippen LogP contribution in [0.15, 0.2) is 16.6 Å². The van der Waals surface area contributed by atoms with E-state index in [4.69, 9.17) is 4.74 Å². The minimum absolute atomic E-state index is 0.126. The quantitative estimate of drug-likeness (QED) is 0.844. The summed E-state index contributed by atoms with van der Waals surface area (Å²) < 4.78 is 42.8. The number of rotatable bonds is 2. The van der Waals surface area contributed by atoms with Crippen LogP contribution < -0.4 is 14.2 Å². The lowest BCUT2D eigenvalue weighted by atomic mass is 10.2. The monoisotopic (exact) mass is 311 g/mol. The molecule has 1 heterocycles. The van der Waals surface area contributed by atoms with Gasteiger partial charge in [0.1, 0.15) is 12.4 Å². The second-order valence-corrected chi connectivity index (χ2v) is 4.84. The van der Waals surface area contributed by atoms with Crippen molar-refractivity contribution in [3.8, 4) is 11.5 Å². The second-order valence-electron chi connectivity index (χ2n) is 3.03. The van der Waals surface area contributed by atoms with Gasteiger partial charge in [0.2, 0.25) is 0 Å². The molecule has 1 N–H and O–H groups in total. The normalized spacial score (nSPS) is 14.6. The van der Waals surface area contributed by atoms with Gasteiger partial charge in [-0.15, -0.1) is 0 Å². The van der Waals surface area contributed by atoms with E-state index in [1.807, 2.05) is 0 Å². The van der Waals surface area contributed by atoms with Crippen LogP contribution in [0.4, 0.5) is 9.57 Å². The van der Waals surface area contributed by atoms with E-state index >= 15 is 0 Å². The molecule has 0 unspecified atom stereocenters. The van der Waals surface area contributed by atoms with Crippen LogP contribution in [0.25, 0.3) is 0 Å². The molecule has 1 aliphatic rings. The lowest BCUT2D eigenvalue weighted by Crippen LogP contribution is -2.18. The molecule has 0 saturated carbocycles. The Morgan fingerprint density at radius 2 is 2.25 bits per heavy atom. The standard InChI is InChI=1S/C8H7BrFNO4S/c9-5-3-8-6(11-1-2-14-8)4-7(5)15-16(10,12)13/h3-4,11H,1-2H2. The topological polar surface area (TPSA) is 64.6 Å². The molecule has 0 saturated heterocycles. The molecule has 88 valence electrons. The van der Waals surface area contributed by atoms with Crippen LogP contribution in [0.3, 0.4) is 0 Å². The van der Waals surface area contributed by atoms with E-state index in [9.17, 15) is 12.3 Å². The summed E-state index contributed by atoms with van der Waals surface area (Å²) in [5.74, 6) is 0.431. The zero-order chi connectivity index (χ0) is 11.8. The summed E-state index contributed by atoms with van der Waals surface area (Å²) in [6, 6.07) is 2.87. The number of benzene rings is 1. The summed E-state index contributed by atoms with van der Waals surface area (Å²) >= 11 is 3.06. The average Bonchev–Trinajstić information content (AvgIpc) is 2.17. The van der Waals surface area contributed by atoms with Gasteiger partial charge in [0.15, 0.2) is 5.75 Å². The van der Waals surface area contributed by atoms with Crippen LogP contribution in [0, 0.1) is 0 Å². The third-order valence-electron chi connectivity index (χ3n) is 1.90. The zero-order valence-corrected chi connectivity index (χ0v) is 10.3. The van der Waals surface area contributed by atoms with Gasteiger partial charge in [0.05, 0.1) is 10.2 Å². The molecule has 0 spiro atoms. The largest absolute Gasteiger partial charge is 0.490 e. The maximum absolute atomic E-state index is 12.4. The Balaban J connectivity index is 2.40. The van der Waals surface area contributed by atoms with Crippen molar-refractivity contribution in [1.29, 1.82) is 0 Å². The van der Waals surface area contributed by atoms with Crippen LogP contribution in [0.5, 0.6) is 11.5 Å². The summed E-state index contributed by atoms with van der Waals surface area (Å²) in [5, 5.41) is 2.97. The van der Waals surface area contributed by atoms with Crippen molar-refractivity contribution < 1.29 is 21.2 Å². The number of ether oxygens (including phenoxy) is 1. The summed E-state index contributed by atoms with van der Waals surface area (Å²) in [6.07, 6.45) is 0. The maximum atomic E-state index is 12.4. The fraction of sp³-hybridized carbons (Fsp3) is 0.250. The Morgan fingerprint density at radius 1 is 1.50 bits per heavy atom. The van der Waals surface area contributed by atoms with Crippen LogP contribution in [0.1, 0.15) is 0 Å². The first-order valence-corrected chi connectivity index (χ1v) is 6.40. The molecule has 1 aromatic carbocycles. The van der Waals surface area contributed by atoms with E-state index in [1.54, 1.807) is 0 Å². The minimum atomic E-state index is -5.02. The van der Waals surface area contributed by atoms with Gasteiger partial charge in [-0.25, -0.2) is 0 Å². The Hall–Kier alpha value is -1.02. The highest BCUT2D eigenvalue weighted by Gasteiger charge is 2.18. The van der Waals surface area contributed by atoms with Gasteiger partial charge in [-0.2, -0.15) is 8.42 Å². The molecule has 1 aliphatic heterocycles. The second kappa shape index (κ2) is 4.10. The van der Waals surface area contributed by atoms with E-state index in [-0.39, 0.29) is 5.75 Å². The number of nitrogens with one attached hydrogen (secondary N) is 1. The molecule has 1 aromatic rings. The molecule has 16 heavy (non-hydrogen) atoms. The Morgan fingerprint density at radius 3 is 2.94 bits per heavy atom. The van der Waals surface area contributed by atoms with Crippen LogP contribution in [-0.2, 0) is 10.5 Å². The van der Waals surface area contributed by atoms with Gasteiger partial charge in [0, 0.05) is 18.7 Å². The summed E-state index contributed by atoms with van der Waals surface area (Å²) in [7, 11) is -5.02. The highest BCUT2D eigenvalue weighted by molar-refractivity contribution is 9.10. The van der Waals surface area contributed by atoms with Crippen molar-refractivity contribution in [1.82, 2.24) is 0 Å². The van der Waals surface area contributed by atoms with Gasteiger partial charge < -0.3 is 14.2 Å².